The van der Waals surface area contributed by atoms with Gasteiger partial charge in [-0.3, -0.25) is 9.46 Å². The van der Waals surface area contributed by atoms with Gasteiger partial charge in [0.2, 0.25) is 5.91 Å². The molecule has 1 saturated carbocycles. The molecule has 3 nitrogen and oxygen atoms in total. The Morgan fingerprint density at radius 3 is 2.16 bits per heavy atom. The molecule has 0 aliphatic heterocycles. The van der Waals surface area contributed by atoms with Crippen LogP contribution in [0.5, 0.6) is 0 Å². The quantitative estimate of drug-likeness (QED) is 0.725. The van der Waals surface area contributed by atoms with E-state index >= 15 is 0 Å². The van der Waals surface area contributed by atoms with Gasteiger partial charge in [-0.25, -0.2) is 0 Å². The molecule has 0 bridgehead atoms. The van der Waals surface area contributed by atoms with Crippen LogP contribution in [-0.4, -0.2) is 30.3 Å². The van der Waals surface area contributed by atoms with Gasteiger partial charge in [0.15, 0.2) is 0 Å². The summed E-state index contributed by atoms with van der Waals surface area (Å²) in [5.41, 5.74) is 5.78. The molecule has 0 heterocycles. The van der Waals surface area contributed by atoms with Crippen LogP contribution in [0.3, 0.4) is 0 Å². The van der Waals surface area contributed by atoms with Crippen molar-refractivity contribution in [1.29, 1.82) is 0 Å². The normalized spacial score (nSPS) is 17.7. The van der Waals surface area contributed by atoms with Gasteiger partial charge in [-0.05, 0) is 40.8 Å². The number of hydrogen-bond donors (Lipinski definition) is 1. The van der Waals surface area contributed by atoms with E-state index in [0.717, 1.165) is 14.6 Å². The van der Waals surface area contributed by atoms with Crippen LogP contribution in [-0.2, 0) is 4.79 Å². The lowest BCUT2D eigenvalue weighted by molar-refractivity contribution is -0.118. The van der Waals surface area contributed by atoms with Crippen molar-refractivity contribution in [2.24, 2.45) is 11.7 Å². The van der Waals surface area contributed by atoms with Crippen molar-refractivity contribution in [3.63, 3.8) is 0 Å². The maximum Gasteiger partial charge on any atom is 0.218 e. The Balaban J connectivity index is 0.000000711. The van der Waals surface area contributed by atoms with Gasteiger partial charge in [-0.2, -0.15) is 0 Å². The van der Waals surface area contributed by atoms with Gasteiger partial charge < -0.3 is 5.73 Å². The monoisotopic (exact) mass is 288 g/mol. The predicted molar refractivity (Wildman–Crippen MR) is 86.8 cm³/mol. The standard InChI is InChI=1S/C11H23N2OP.C4H10/c1-13(2)15-10(8-11(12)14)7-9-5-3-4-6-9;1-3-4-2/h9-10,15H,3-8H2,1-2H3,(H2,12,14);3-4H2,1-2H3. The number of carbonyl (C=O) groups is 1. The second kappa shape index (κ2) is 11.7. The van der Waals surface area contributed by atoms with Crippen molar-refractivity contribution in [3.05, 3.63) is 0 Å². The molecular formula is C15H33N2OP. The van der Waals surface area contributed by atoms with Gasteiger partial charge in [-0.1, -0.05) is 52.4 Å². The van der Waals surface area contributed by atoms with Gasteiger partial charge in [0, 0.05) is 6.42 Å². The average Bonchev–Trinajstić information content (AvgIpc) is 2.80. The first-order valence-electron chi connectivity index (χ1n) is 7.71. The van der Waals surface area contributed by atoms with E-state index in [1.165, 1.54) is 44.9 Å². The van der Waals surface area contributed by atoms with Gasteiger partial charge >= 0.3 is 0 Å². The SMILES string of the molecule is CCCC.CN(C)PC(CC(N)=O)CC1CCCC1. The number of carbonyl (C=O) groups excluding carboxylic acids is 1. The highest BCUT2D eigenvalue weighted by Gasteiger charge is 2.21. The fourth-order valence-corrected chi connectivity index (χ4v) is 3.90. The van der Waals surface area contributed by atoms with E-state index in [4.69, 9.17) is 5.73 Å². The number of hydrogen-bond acceptors (Lipinski definition) is 2. The van der Waals surface area contributed by atoms with Crippen LogP contribution in [0.2, 0.25) is 0 Å². The molecule has 2 unspecified atom stereocenters. The van der Waals surface area contributed by atoms with Crippen molar-refractivity contribution < 1.29 is 4.79 Å². The van der Waals surface area contributed by atoms with Crippen molar-refractivity contribution in [1.82, 2.24) is 4.67 Å². The highest BCUT2D eigenvalue weighted by atomic mass is 31.1. The molecule has 1 rings (SSSR count). The molecule has 114 valence electrons. The highest BCUT2D eigenvalue weighted by molar-refractivity contribution is 7.36. The molecule has 1 amide bonds. The van der Waals surface area contributed by atoms with Crippen LogP contribution in [0, 0.1) is 5.92 Å². The molecule has 0 aromatic rings. The van der Waals surface area contributed by atoms with Crippen LogP contribution < -0.4 is 5.73 Å². The lowest BCUT2D eigenvalue weighted by Crippen LogP contribution is -2.21. The number of primary amides is 1. The Morgan fingerprint density at radius 1 is 1.26 bits per heavy atom. The Hall–Kier alpha value is -0.140. The maximum absolute atomic E-state index is 11.0. The summed E-state index contributed by atoms with van der Waals surface area (Å²) in [5, 5.41) is 0. The number of rotatable bonds is 7. The predicted octanol–water partition coefficient (Wildman–Crippen LogP) is 3.77. The second-order valence-electron chi connectivity index (χ2n) is 5.78. The first kappa shape index (κ1) is 18.9. The lowest BCUT2D eigenvalue weighted by Gasteiger charge is -2.22. The molecule has 0 aromatic heterocycles. The zero-order chi connectivity index (χ0) is 14.7. The van der Waals surface area contributed by atoms with Crippen LogP contribution in [0.1, 0.15) is 65.2 Å². The zero-order valence-electron chi connectivity index (χ0n) is 13.2. The van der Waals surface area contributed by atoms with Crippen molar-refractivity contribution >= 4 is 14.6 Å². The molecule has 1 fully saturated rings. The molecule has 0 saturated heterocycles. The van der Waals surface area contributed by atoms with E-state index in [1.54, 1.807) is 0 Å². The topological polar surface area (TPSA) is 46.3 Å². The van der Waals surface area contributed by atoms with E-state index < -0.39 is 0 Å². The average molecular weight is 288 g/mol. The van der Waals surface area contributed by atoms with Crippen LogP contribution >= 0.6 is 8.73 Å². The molecule has 2 N–H and O–H groups in total. The first-order valence-corrected chi connectivity index (χ1v) is 8.73. The number of nitrogens with two attached hydrogens (primary N) is 1. The number of amides is 1. The van der Waals surface area contributed by atoms with Gasteiger partial charge in [-0.15, -0.1) is 0 Å². The van der Waals surface area contributed by atoms with Crippen LogP contribution in [0.15, 0.2) is 0 Å². The van der Waals surface area contributed by atoms with Crippen LogP contribution in [0.25, 0.3) is 0 Å². The largest absolute Gasteiger partial charge is 0.370 e. The summed E-state index contributed by atoms with van der Waals surface area (Å²) in [5.74, 6) is 0.703. The Bertz CT molecular complexity index is 226. The van der Waals surface area contributed by atoms with Gasteiger partial charge in [0.05, 0.1) is 0 Å². The number of nitrogens with zero attached hydrogens (tertiary/aromatic N) is 1. The fraction of sp³-hybridized carbons (Fsp3) is 0.933. The van der Waals surface area contributed by atoms with E-state index in [9.17, 15) is 4.79 Å². The lowest BCUT2D eigenvalue weighted by atomic mass is 10.00. The molecule has 0 spiro atoms. The molecule has 0 aromatic carbocycles. The number of unbranched alkanes of at least 4 members (excludes halogenated alkanes) is 1. The molecule has 2 atom stereocenters. The minimum atomic E-state index is -0.146. The molecule has 19 heavy (non-hydrogen) atoms. The smallest absolute Gasteiger partial charge is 0.218 e. The molecule has 1 aliphatic carbocycles. The minimum absolute atomic E-state index is 0.146. The van der Waals surface area contributed by atoms with E-state index in [-0.39, 0.29) is 5.91 Å². The van der Waals surface area contributed by atoms with Crippen LogP contribution in [0.4, 0.5) is 0 Å². The van der Waals surface area contributed by atoms with Crippen molar-refractivity contribution in [2.75, 3.05) is 14.1 Å². The maximum atomic E-state index is 11.0. The van der Waals surface area contributed by atoms with Crippen molar-refractivity contribution in [3.8, 4) is 0 Å². The van der Waals surface area contributed by atoms with Gasteiger partial charge in [0.25, 0.3) is 0 Å². The fourth-order valence-electron chi connectivity index (χ4n) is 2.44. The minimum Gasteiger partial charge on any atom is -0.370 e. The summed E-state index contributed by atoms with van der Waals surface area (Å²) < 4.78 is 2.18. The summed E-state index contributed by atoms with van der Waals surface area (Å²) in [6, 6.07) is 0. The Morgan fingerprint density at radius 2 is 1.79 bits per heavy atom. The Labute approximate surface area is 121 Å². The first-order chi connectivity index (χ1) is 8.99. The summed E-state index contributed by atoms with van der Waals surface area (Å²) in [4.78, 5) is 11.0. The Kier molecular flexibility index (Phi) is 11.6. The van der Waals surface area contributed by atoms with E-state index in [0.29, 0.717) is 12.1 Å². The summed E-state index contributed by atoms with van der Waals surface area (Å²) in [7, 11) is 4.87. The molecular weight excluding hydrogens is 255 g/mol. The van der Waals surface area contributed by atoms with Gasteiger partial charge in [0.1, 0.15) is 0 Å². The molecule has 1 aliphatic rings. The third kappa shape index (κ3) is 11.4. The molecule has 4 heteroatoms. The summed E-state index contributed by atoms with van der Waals surface area (Å²) >= 11 is 0. The zero-order valence-corrected chi connectivity index (χ0v) is 14.2. The summed E-state index contributed by atoms with van der Waals surface area (Å²) in [6.07, 6.45) is 9.85. The molecule has 0 radical (unpaired) electrons. The van der Waals surface area contributed by atoms with Crippen molar-refractivity contribution in [2.45, 2.75) is 70.9 Å². The third-order valence-corrected chi connectivity index (χ3v) is 4.80. The second-order valence-corrected chi connectivity index (χ2v) is 7.75. The highest BCUT2D eigenvalue weighted by Crippen LogP contribution is 2.36. The third-order valence-electron chi connectivity index (χ3n) is 3.48. The van der Waals surface area contributed by atoms with E-state index in [2.05, 4.69) is 32.6 Å². The van der Waals surface area contributed by atoms with E-state index in [1.807, 2.05) is 0 Å². The summed E-state index contributed by atoms with van der Waals surface area (Å²) in [6.45, 7) is 4.36.